The van der Waals surface area contributed by atoms with Crippen molar-refractivity contribution in [2.24, 2.45) is 0 Å². The van der Waals surface area contributed by atoms with Crippen molar-refractivity contribution in [3.8, 4) is 6.07 Å². The van der Waals surface area contributed by atoms with Gasteiger partial charge in [-0.3, -0.25) is 4.90 Å². The third-order valence-electron chi connectivity index (χ3n) is 2.14. The Bertz CT molecular complexity index is 274. The van der Waals surface area contributed by atoms with Crippen LogP contribution in [0.4, 0.5) is 0 Å². The van der Waals surface area contributed by atoms with Crippen molar-refractivity contribution in [3.63, 3.8) is 0 Å². The van der Waals surface area contributed by atoms with Crippen LogP contribution in [-0.4, -0.2) is 24.5 Å². The van der Waals surface area contributed by atoms with E-state index in [2.05, 4.69) is 28.5 Å². The topological polar surface area (TPSA) is 27.0 Å². The first-order valence-corrected chi connectivity index (χ1v) is 5.24. The summed E-state index contributed by atoms with van der Waals surface area (Å²) in [5.74, 6) is 0. The van der Waals surface area contributed by atoms with Crippen molar-refractivity contribution in [1.29, 1.82) is 5.26 Å². The average molecular weight is 194 g/mol. The van der Waals surface area contributed by atoms with Gasteiger partial charge >= 0.3 is 0 Å². The van der Waals surface area contributed by atoms with Gasteiger partial charge in [0, 0.05) is 11.4 Å². The van der Waals surface area contributed by atoms with E-state index >= 15 is 0 Å². The molecule has 0 saturated heterocycles. The molecule has 0 fully saturated rings. The van der Waals surface area contributed by atoms with Gasteiger partial charge in [-0.1, -0.05) is 6.07 Å². The summed E-state index contributed by atoms with van der Waals surface area (Å²) in [4.78, 5) is 3.46. The van der Waals surface area contributed by atoms with Crippen LogP contribution in [0.3, 0.4) is 0 Å². The lowest BCUT2D eigenvalue weighted by Crippen LogP contribution is -2.29. The number of nitrogens with zero attached hydrogens (tertiary/aromatic N) is 2. The third kappa shape index (κ3) is 3.17. The van der Waals surface area contributed by atoms with Crippen LogP contribution in [0.15, 0.2) is 17.5 Å². The predicted molar refractivity (Wildman–Crippen MR) is 55.7 cm³/mol. The zero-order valence-electron chi connectivity index (χ0n) is 8.03. The van der Waals surface area contributed by atoms with Crippen molar-refractivity contribution in [2.75, 3.05) is 13.6 Å². The summed E-state index contributed by atoms with van der Waals surface area (Å²) < 4.78 is 0. The highest BCUT2D eigenvalue weighted by Crippen LogP contribution is 2.09. The Morgan fingerprint density at radius 1 is 1.69 bits per heavy atom. The van der Waals surface area contributed by atoms with Crippen molar-refractivity contribution >= 4 is 11.3 Å². The molecule has 1 rings (SSSR count). The van der Waals surface area contributed by atoms with E-state index in [1.165, 1.54) is 4.88 Å². The van der Waals surface area contributed by atoms with E-state index in [1.807, 2.05) is 14.0 Å². The molecule has 1 aromatic heterocycles. The standard InChI is InChI=1S/C10H14N2S/c1-9(8-11)12(2)6-5-10-4-3-7-13-10/h3-4,7,9H,5-6H2,1-2H3. The second-order valence-corrected chi connectivity index (χ2v) is 4.15. The van der Waals surface area contributed by atoms with Gasteiger partial charge in [0.25, 0.3) is 0 Å². The molecule has 0 saturated carbocycles. The van der Waals surface area contributed by atoms with Crippen LogP contribution in [0.25, 0.3) is 0 Å². The van der Waals surface area contributed by atoms with Gasteiger partial charge in [0.1, 0.15) is 0 Å². The van der Waals surface area contributed by atoms with E-state index in [0.29, 0.717) is 0 Å². The molecule has 0 aromatic carbocycles. The summed E-state index contributed by atoms with van der Waals surface area (Å²) in [7, 11) is 1.99. The molecule has 1 atom stereocenters. The van der Waals surface area contributed by atoms with Gasteiger partial charge in [0.2, 0.25) is 0 Å². The molecule has 0 aliphatic carbocycles. The number of nitriles is 1. The van der Waals surface area contributed by atoms with Gasteiger partial charge in [-0.25, -0.2) is 0 Å². The number of likely N-dealkylation sites (N-methyl/N-ethyl adjacent to an activating group) is 1. The SMILES string of the molecule is CC(C#N)N(C)CCc1cccs1. The van der Waals surface area contributed by atoms with Crippen LogP contribution < -0.4 is 0 Å². The zero-order valence-corrected chi connectivity index (χ0v) is 8.84. The lowest BCUT2D eigenvalue weighted by molar-refractivity contribution is 0.307. The minimum absolute atomic E-state index is 0.0139. The Hall–Kier alpha value is -0.850. The highest BCUT2D eigenvalue weighted by atomic mass is 32.1. The first-order chi connectivity index (χ1) is 6.24. The van der Waals surface area contributed by atoms with Crippen molar-refractivity contribution in [1.82, 2.24) is 4.90 Å². The minimum Gasteiger partial charge on any atom is -0.291 e. The van der Waals surface area contributed by atoms with Crippen LogP contribution >= 0.6 is 11.3 Å². The fourth-order valence-corrected chi connectivity index (χ4v) is 1.73. The molecule has 0 N–H and O–H groups in total. The molecule has 0 aliphatic heterocycles. The molecule has 3 heteroatoms. The quantitative estimate of drug-likeness (QED) is 0.734. The number of thiophene rings is 1. The number of hydrogen-bond donors (Lipinski definition) is 0. The fourth-order valence-electron chi connectivity index (χ4n) is 1.03. The monoisotopic (exact) mass is 194 g/mol. The van der Waals surface area contributed by atoms with Crippen molar-refractivity contribution < 1.29 is 0 Å². The van der Waals surface area contributed by atoms with Crippen molar-refractivity contribution in [2.45, 2.75) is 19.4 Å². The van der Waals surface area contributed by atoms with Crippen LogP contribution in [0.5, 0.6) is 0 Å². The van der Waals surface area contributed by atoms with E-state index in [0.717, 1.165) is 13.0 Å². The highest BCUT2D eigenvalue weighted by molar-refractivity contribution is 7.09. The molecule has 70 valence electrons. The summed E-state index contributed by atoms with van der Waals surface area (Å²) in [6.07, 6.45) is 1.04. The van der Waals surface area contributed by atoms with Gasteiger partial charge in [-0.15, -0.1) is 11.3 Å². The third-order valence-corrected chi connectivity index (χ3v) is 3.08. The lowest BCUT2D eigenvalue weighted by Gasteiger charge is -2.17. The maximum atomic E-state index is 8.67. The second kappa shape index (κ2) is 5.00. The lowest BCUT2D eigenvalue weighted by atomic mass is 10.3. The van der Waals surface area contributed by atoms with E-state index in [-0.39, 0.29) is 6.04 Å². The second-order valence-electron chi connectivity index (χ2n) is 3.12. The normalized spacial score (nSPS) is 12.8. The smallest absolute Gasteiger partial charge is 0.0946 e. The largest absolute Gasteiger partial charge is 0.291 e. The van der Waals surface area contributed by atoms with Crippen molar-refractivity contribution in [3.05, 3.63) is 22.4 Å². The fraction of sp³-hybridized carbons (Fsp3) is 0.500. The molecule has 1 heterocycles. The Labute approximate surface area is 83.4 Å². The Kier molecular flexibility index (Phi) is 3.94. The Balaban J connectivity index is 2.31. The zero-order chi connectivity index (χ0) is 9.68. The summed E-state index contributed by atoms with van der Waals surface area (Å²) in [6.45, 7) is 2.88. The minimum atomic E-state index is 0.0139. The summed E-state index contributed by atoms with van der Waals surface area (Å²) in [6, 6.07) is 6.44. The van der Waals surface area contributed by atoms with Crippen LogP contribution in [0, 0.1) is 11.3 Å². The maximum absolute atomic E-state index is 8.67. The molecule has 1 unspecified atom stereocenters. The predicted octanol–water partition coefficient (Wildman–Crippen LogP) is 2.13. The summed E-state index contributed by atoms with van der Waals surface area (Å²) >= 11 is 1.77. The Morgan fingerprint density at radius 3 is 3.00 bits per heavy atom. The molecule has 0 aliphatic rings. The summed E-state index contributed by atoms with van der Waals surface area (Å²) in [5.41, 5.74) is 0. The first kappa shape index (κ1) is 10.2. The highest BCUT2D eigenvalue weighted by Gasteiger charge is 2.06. The van der Waals surface area contributed by atoms with E-state index in [9.17, 15) is 0 Å². The molecule has 0 radical (unpaired) electrons. The summed E-state index contributed by atoms with van der Waals surface area (Å²) in [5, 5.41) is 10.8. The molecule has 0 amide bonds. The van der Waals surface area contributed by atoms with Gasteiger partial charge < -0.3 is 0 Å². The van der Waals surface area contributed by atoms with Gasteiger partial charge in [-0.05, 0) is 31.8 Å². The molecular weight excluding hydrogens is 180 g/mol. The maximum Gasteiger partial charge on any atom is 0.0946 e. The average Bonchev–Trinajstić information content (AvgIpc) is 2.65. The van der Waals surface area contributed by atoms with E-state index < -0.39 is 0 Å². The molecule has 0 spiro atoms. The molecule has 1 aromatic rings. The molecule has 13 heavy (non-hydrogen) atoms. The molecule has 0 bridgehead atoms. The van der Waals surface area contributed by atoms with E-state index in [1.54, 1.807) is 11.3 Å². The number of hydrogen-bond acceptors (Lipinski definition) is 3. The van der Waals surface area contributed by atoms with Gasteiger partial charge in [0.05, 0.1) is 12.1 Å². The number of rotatable bonds is 4. The van der Waals surface area contributed by atoms with Crippen LogP contribution in [-0.2, 0) is 6.42 Å². The van der Waals surface area contributed by atoms with E-state index in [4.69, 9.17) is 5.26 Å². The Morgan fingerprint density at radius 2 is 2.46 bits per heavy atom. The van der Waals surface area contributed by atoms with Crippen LogP contribution in [0.2, 0.25) is 0 Å². The van der Waals surface area contributed by atoms with Gasteiger partial charge in [0.15, 0.2) is 0 Å². The molecule has 2 nitrogen and oxygen atoms in total. The van der Waals surface area contributed by atoms with Crippen LogP contribution in [0.1, 0.15) is 11.8 Å². The van der Waals surface area contributed by atoms with Gasteiger partial charge in [-0.2, -0.15) is 5.26 Å². The molecular formula is C10H14N2S. The first-order valence-electron chi connectivity index (χ1n) is 4.36.